The Morgan fingerprint density at radius 2 is 1.93 bits per heavy atom. The molecule has 0 unspecified atom stereocenters. The molecule has 0 amide bonds. The predicted octanol–water partition coefficient (Wildman–Crippen LogP) is 2.60. The van der Waals surface area contributed by atoms with Crippen LogP contribution in [0.2, 0.25) is 10.0 Å². The first-order chi connectivity index (χ1) is 13.5. The Kier molecular flexibility index (Phi) is 5.82. The second-order valence-corrected chi connectivity index (χ2v) is 9.04. The zero-order valence-corrected chi connectivity index (χ0v) is 17.7. The molecule has 0 spiro atoms. The van der Waals surface area contributed by atoms with Crippen LogP contribution in [0.3, 0.4) is 0 Å². The highest BCUT2D eigenvalue weighted by atomic mass is 35.5. The Morgan fingerprint density at radius 1 is 1.14 bits per heavy atom. The molecule has 10 heteroatoms. The summed E-state index contributed by atoms with van der Waals surface area (Å²) in [6.07, 6.45) is 3.40. The monoisotopic (exact) mass is 438 g/mol. The van der Waals surface area contributed by atoms with Crippen LogP contribution in [-0.2, 0) is 17.8 Å². The average molecular weight is 439 g/mol. The van der Waals surface area contributed by atoms with Gasteiger partial charge in [0.1, 0.15) is 12.1 Å². The van der Waals surface area contributed by atoms with Crippen molar-refractivity contribution in [1.82, 2.24) is 24.6 Å². The Hall–Kier alpha value is -1.74. The first-order valence-corrected chi connectivity index (χ1v) is 11.0. The Morgan fingerprint density at radius 3 is 2.71 bits per heavy atom. The van der Waals surface area contributed by atoms with Gasteiger partial charge in [0.2, 0.25) is 0 Å². The molecular weight excluding hydrogens is 419 g/mol. The van der Waals surface area contributed by atoms with Gasteiger partial charge in [0.15, 0.2) is 5.65 Å². The molecule has 0 aliphatic carbocycles. The number of fused-ring (bicyclic) bond motifs is 1. The van der Waals surface area contributed by atoms with Gasteiger partial charge in [-0.2, -0.15) is 5.10 Å². The van der Waals surface area contributed by atoms with E-state index < -0.39 is 10.8 Å². The van der Waals surface area contributed by atoms with Crippen LogP contribution in [0.1, 0.15) is 0 Å². The van der Waals surface area contributed by atoms with Gasteiger partial charge in [-0.3, -0.25) is 13.8 Å². The molecule has 3 heterocycles. The molecule has 0 N–H and O–H groups in total. The number of halogens is 2. The molecule has 1 fully saturated rings. The lowest BCUT2D eigenvalue weighted by molar-refractivity contribution is 0.272. The second-order valence-electron chi connectivity index (χ2n) is 6.66. The summed E-state index contributed by atoms with van der Waals surface area (Å²) in [6, 6.07) is 5.08. The summed E-state index contributed by atoms with van der Waals surface area (Å²) < 4.78 is 14.4. The van der Waals surface area contributed by atoms with Gasteiger partial charge in [-0.05, 0) is 18.2 Å². The molecule has 1 aliphatic rings. The highest BCUT2D eigenvalue weighted by Gasteiger charge is 2.21. The van der Waals surface area contributed by atoms with E-state index in [2.05, 4.69) is 24.9 Å². The van der Waals surface area contributed by atoms with Crippen LogP contribution < -0.4 is 4.90 Å². The van der Waals surface area contributed by atoms with E-state index in [1.54, 1.807) is 29.2 Å². The van der Waals surface area contributed by atoms with Gasteiger partial charge < -0.3 is 4.90 Å². The van der Waals surface area contributed by atoms with Crippen molar-refractivity contribution < 1.29 is 4.21 Å². The van der Waals surface area contributed by atoms with Crippen molar-refractivity contribution >= 4 is 50.9 Å². The Balaban J connectivity index is 1.35. The van der Waals surface area contributed by atoms with E-state index in [0.717, 1.165) is 49.6 Å². The number of nitrogens with zero attached hydrogens (tertiary/aromatic N) is 6. The van der Waals surface area contributed by atoms with Crippen molar-refractivity contribution in [2.75, 3.05) is 43.4 Å². The quantitative estimate of drug-likeness (QED) is 0.609. The summed E-state index contributed by atoms with van der Waals surface area (Å²) in [5.41, 5.74) is 0.834. The van der Waals surface area contributed by atoms with Gasteiger partial charge >= 0.3 is 0 Å². The number of aromatic nitrogens is 4. The van der Waals surface area contributed by atoms with Gasteiger partial charge in [0.25, 0.3) is 0 Å². The smallest absolute Gasteiger partial charge is 0.163 e. The van der Waals surface area contributed by atoms with Crippen LogP contribution in [0.4, 0.5) is 5.82 Å². The van der Waals surface area contributed by atoms with Gasteiger partial charge in [-0.15, -0.1) is 0 Å². The summed E-state index contributed by atoms with van der Waals surface area (Å²) in [4.78, 5) is 13.9. The fourth-order valence-electron chi connectivity index (χ4n) is 3.36. The minimum absolute atomic E-state index is 0.497. The molecule has 28 heavy (non-hydrogen) atoms. The summed E-state index contributed by atoms with van der Waals surface area (Å²) in [7, 11) is 0.708. The van der Waals surface area contributed by atoms with Crippen LogP contribution in [0, 0.1) is 0 Å². The van der Waals surface area contributed by atoms with E-state index in [1.165, 1.54) is 0 Å². The van der Waals surface area contributed by atoms with Crippen molar-refractivity contribution in [2.45, 2.75) is 4.90 Å². The van der Waals surface area contributed by atoms with Crippen LogP contribution in [0.15, 0.2) is 35.6 Å². The zero-order valence-electron chi connectivity index (χ0n) is 15.4. The van der Waals surface area contributed by atoms with Crippen molar-refractivity contribution in [2.24, 2.45) is 7.05 Å². The molecule has 0 saturated carbocycles. The maximum absolute atomic E-state index is 12.6. The third-order valence-corrected chi connectivity index (χ3v) is 6.97. The lowest BCUT2D eigenvalue weighted by Gasteiger charge is -2.35. The van der Waals surface area contributed by atoms with E-state index in [4.69, 9.17) is 23.2 Å². The topological polar surface area (TPSA) is 67.2 Å². The maximum Gasteiger partial charge on any atom is 0.163 e. The standard InChI is InChI=1S/C18H20Cl2N6OS/c1-24-17-14(11-23-24)18(22-12-21-17)26-6-4-25(5-7-26)8-9-28(27)16-10-13(19)2-3-15(16)20/h2-3,10-12H,4-9H2,1H3/t28-/m0/s1. The van der Waals surface area contributed by atoms with E-state index in [0.29, 0.717) is 20.7 Å². The lowest BCUT2D eigenvalue weighted by Crippen LogP contribution is -2.47. The lowest BCUT2D eigenvalue weighted by atomic mass is 10.3. The third-order valence-electron chi connectivity index (χ3n) is 4.91. The Labute approximate surface area is 175 Å². The summed E-state index contributed by atoms with van der Waals surface area (Å²) in [6.45, 7) is 4.21. The molecular formula is C18H20Cl2N6OS. The van der Waals surface area contributed by atoms with E-state index >= 15 is 0 Å². The second kappa shape index (κ2) is 8.32. The number of benzene rings is 1. The number of aryl methyl sites for hydroxylation is 1. The van der Waals surface area contributed by atoms with E-state index in [9.17, 15) is 4.21 Å². The summed E-state index contributed by atoms with van der Waals surface area (Å²) >= 11 is 12.2. The van der Waals surface area contributed by atoms with Crippen LogP contribution in [0.5, 0.6) is 0 Å². The van der Waals surface area contributed by atoms with Gasteiger partial charge in [-0.25, -0.2) is 9.97 Å². The normalized spacial score (nSPS) is 16.6. The van der Waals surface area contributed by atoms with Gasteiger partial charge in [0.05, 0.1) is 32.3 Å². The number of piperazine rings is 1. The molecule has 4 rings (SSSR count). The molecule has 0 bridgehead atoms. The predicted molar refractivity (Wildman–Crippen MR) is 113 cm³/mol. The van der Waals surface area contributed by atoms with Crippen molar-refractivity contribution in [3.8, 4) is 0 Å². The van der Waals surface area contributed by atoms with Crippen LogP contribution in [0.25, 0.3) is 11.0 Å². The molecule has 1 aliphatic heterocycles. The highest BCUT2D eigenvalue weighted by molar-refractivity contribution is 7.85. The molecule has 3 aromatic rings. The third kappa shape index (κ3) is 4.00. The van der Waals surface area contributed by atoms with Crippen molar-refractivity contribution in [3.63, 3.8) is 0 Å². The number of rotatable bonds is 5. The van der Waals surface area contributed by atoms with E-state index in [-0.39, 0.29) is 0 Å². The van der Waals surface area contributed by atoms with E-state index in [1.807, 2.05) is 13.2 Å². The fraction of sp³-hybridized carbons (Fsp3) is 0.389. The number of hydrogen-bond donors (Lipinski definition) is 0. The molecule has 2 aromatic heterocycles. The largest absolute Gasteiger partial charge is 0.353 e. The minimum atomic E-state index is -1.17. The first-order valence-electron chi connectivity index (χ1n) is 8.96. The SMILES string of the molecule is Cn1ncc2c(N3CCN(CC[S@](=O)c4cc(Cl)ccc4Cl)CC3)ncnc21. The Bertz CT molecular complexity index is 1020. The minimum Gasteiger partial charge on any atom is -0.353 e. The number of hydrogen-bond acceptors (Lipinski definition) is 6. The number of anilines is 1. The van der Waals surface area contributed by atoms with Gasteiger partial charge in [0, 0.05) is 50.5 Å². The van der Waals surface area contributed by atoms with Crippen LogP contribution in [-0.4, -0.2) is 67.3 Å². The van der Waals surface area contributed by atoms with Crippen molar-refractivity contribution in [1.29, 1.82) is 0 Å². The molecule has 1 saturated heterocycles. The average Bonchev–Trinajstić information content (AvgIpc) is 3.09. The molecule has 0 radical (unpaired) electrons. The first kappa shape index (κ1) is 19.6. The van der Waals surface area contributed by atoms with Crippen molar-refractivity contribution in [3.05, 3.63) is 40.8 Å². The molecule has 1 atom stereocenters. The van der Waals surface area contributed by atoms with Crippen LogP contribution >= 0.6 is 23.2 Å². The molecule has 148 valence electrons. The highest BCUT2D eigenvalue weighted by Crippen LogP contribution is 2.25. The van der Waals surface area contributed by atoms with Gasteiger partial charge in [-0.1, -0.05) is 23.2 Å². The summed E-state index contributed by atoms with van der Waals surface area (Å²) in [5, 5.41) is 6.29. The maximum atomic E-state index is 12.6. The molecule has 7 nitrogen and oxygen atoms in total. The summed E-state index contributed by atoms with van der Waals surface area (Å²) in [5.74, 6) is 1.45. The fourth-order valence-corrected chi connectivity index (χ4v) is 5.16. The molecule has 1 aromatic carbocycles. The zero-order chi connectivity index (χ0) is 19.7.